The number of carbonyl (C=O) groups excluding carboxylic acids is 2. The second kappa shape index (κ2) is 7.31. The molecule has 1 amide bonds. The van der Waals surface area contributed by atoms with Crippen LogP contribution in [0.25, 0.3) is 0 Å². The molecule has 0 N–H and O–H groups in total. The minimum atomic E-state index is -0.190. The van der Waals surface area contributed by atoms with Gasteiger partial charge in [0.2, 0.25) is 6.79 Å². The number of hydrogen-bond donors (Lipinski definition) is 0. The van der Waals surface area contributed by atoms with E-state index in [1.165, 1.54) is 0 Å². The first-order chi connectivity index (χ1) is 13.2. The molecule has 1 atom stereocenters. The first kappa shape index (κ1) is 17.4. The summed E-state index contributed by atoms with van der Waals surface area (Å²) in [6.45, 7) is 1.26. The quantitative estimate of drug-likeness (QED) is 0.777. The highest BCUT2D eigenvalue weighted by molar-refractivity contribution is 5.99. The van der Waals surface area contributed by atoms with E-state index in [9.17, 15) is 9.59 Å². The number of carbonyl (C=O) groups is 2. The van der Waals surface area contributed by atoms with Crippen molar-refractivity contribution in [1.82, 2.24) is 4.90 Å². The average Bonchev–Trinajstić information content (AvgIpc) is 3.20. The van der Waals surface area contributed by atoms with E-state index >= 15 is 0 Å². The minimum Gasteiger partial charge on any atom is -0.497 e. The van der Waals surface area contributed by atoms with Gasteiger partial charge < -0.3 is 19.1 Å². The SMILES string of the molecule is COc1ccc(C(=O)C2CCCN(C(=O)c3ccc4c(c3)OCO4)C2)cc1. The fourth-order valence-electron chi connectivity index (χ4n) is 3.58. The highest BCUT2D eigenvalue weighted by Gasteiger charge is 2.30. The monoisotopic (exact) mass is 367 g/mol. The fraction of sp³-hybridized carbons (Fsp3) is 0.333. The summed E-state index contributed by atoms with van der Waals surface area (Å²) >= 11 is 0. The van der Waals surface area contributed by atoms with Crippen LogP contribution in [-0.4, -0.2) is 43.6 Å². The molecule has 4 rings (SSSR count). The summed E-state index contributed by atoms with van der Waals surface area (Å²) in [5.74, 6) is 1.75. The molecule has 6 heteroatoms. The van der Waals surface area contributed by atoms with Gasteiger partial charge in [-0.3, -0.25) is 9.59 Å². The maximum absolute atomic E-state index is 12.9. The number of methoxy groups -OCH3 is 1. The van der Waals surface area contributed by atoms with Crippen molar-refractivity contribution in [2.45, 2.75) is 12.8 Å². The lowest BCUT2D eigenvalue weighted by Gasteiger charge is -2.32. The molecular formula is C21H21NO5. The average molecular weight is 367 g/mol. The van der Waals surface area contributed by atoms with Crippen molar-refractivity contribution in [2.75, 3.05) is 27.0 Å². The summed E-state index contributed by atoms with van der Waals surface area (Å²) in [7, 11) is 1.59. The van der Waals surface area contributed by atoms with Gasteiger partial charge >= 0.3 is 0 Å². The lowest BCUT2D eigenvalue weighted by molar-refractivity contribution is 0.0636. The molecule has 2 aromatic rings. The van der Waals surface area contributed by atoms with Crippen molar-refractivity contribution in [1.29, 1.82) is 0 Å². The van der Waals surface area contributed by atoms with Gasteiger partial charge in [0.1, 0.15) is 5.75 Å². The van der Waals surface area contributed by atoms with Gasteiger partial charge in [0.15, 0.2) is 17.3 Å². The standard InChI is InChI=1S/C21H21NO5/c1-25-17-7-4-14(5-8-17)20(23)16-3-2-10-22(12-16)21(24)15-6-9-18-19(11-15)27-13-26-18/h4-9,11,16H,2-3,10,12-13H2,1H3. The Bertz CT molecular complexity index is 861. The van der Waals surface area contributed by atoms with E-state index in [0.717, 1.165) is 18.6 Å². The van der Waals surface area contributed by atoms with Crippen LogP contribution in [0.15, 0.2) is 42.5 Å². The Morgan fingerprint density at radius 3 is 2.56 bits per heavy atom. The Morgan fingerprint density at radius 1 is 1.04 bits per heavy atom. The highest BCUT2D eigenvalue weighted by Crippen LogP contribution is 2.33. The van der Waals surface area contributed by atoms with Crippen LogP contribution in [-0.2, 0) is 0 Å². The Morgan fingerprint density at radius 2 is 1.78 bits per heavy atom. The Balaban J connectivity index is 1.47. The summed E-state index contributed by atoms with van der Waals surface area (Å²) < 4.78 is 15.8. The summed E-state index contributed by atoms with van der Waals surface area (Å²) in [6, 6.07) is 12.3. The molecule has 2 aromatic carbocycles. The van der Waals surface area contributed by atoms with Crippen molar-refractivity contribution in [3.63, 3.8) is 0 Å². The number of ketones is 1. The molecule has 0 aromatic heterocycles. The van der Waals surface area contributed by atoms with Crippen LogP contribution < -0.4 is 14.2 Å². The van der Waals surface area contributed by atoms with Gasteiger partial charge in [-0.1, -0.05) is 0 Å². The number of likely N-dealkylation sites (tertiary alicyclic amines) is 1. The van der Waals surface area contributed by atoms with Gasteiger partial charge in [-0.25, -0.2) is 0 Å². The lowest BCUT2D eigenvalue weighted by Crippen LogP contribution is -2.42. The van der Waals surface area contributed by atoms with Gasteiger partial charge in [-0.2, -0.15) is 0 Å². The number of benzene rings is 2. The first-order valence-corrected chi connectivity index (χ1v) is 9.03. The molecular weight excluding hydrogens is 346 g/mol. The smallest absolute Gasteiger partial charge is 0.254 e. The molecule has 0 saturated carbocycles. The van der Waals surface area contributed by atoms with Crippen molar-refractivity contribution in [3.8, 4) is 17.2 Å². The molecule has 0 bridgehead atoms. The summed E-state index contributed by atoms with van der Waals surface area (Å²) in [5, 5.41) is 0. The normalized spacial score (nSPS) is 18.3. The largest absolute Gasteiger partial charge is 0.497 e. The number of amides is 1. The molecule has 1 unspecified atom stereocenters. The molecule has 2 heterocycles. The molecule has 27 heavy (non-hydrogen) atoms. The molecule has 2 aliphatic heterocycles. The van der Waals surface area contributed by atoms with Crippen LogP contribution in [0.3, 0.4) is 0 Å². The van der Waals surface area contributed by atoms with Crippen LogP contribution >= 0.6 is 0 Å². The van der Waals surface area contributed by atoms with Gasteiger partial charge in [0.05, 0.1) is 7.11 Å². The van der Waals surface area contributed by atoms with Crippen LogP contribution in [0.1, 0.15) is 33.6 Å². The summed E-state index contributed by atoms with van der Waals surface area (Å²) in [5.41, 5.74) is 1.20. The van der Waals surface area contributed by atoms with Crippen LogP contribution in [0.5, 0.6) is 17.2 Å². The first-order valence-electron chi connectivity index (χ1n) is 9.03. The predicted octanol–water partition coefficient (Wildman–Crippen LogP) is 3.16. The van der Waals surface area contributed by atoms with Crippen molar-refractivity contribution in [2.24, 2.45) is 5.92 Å². The number of fused-ring (bicyclic) bond motifs is 1. The van der Waals surface area contributed by atoms with Crippen molar-refractivity contribution >= 4 is 11.7 Å². The van der Waals surface area contributed by atoms with Gasteiger partial charge in [0.25, 0.3) is 5.91 Å². The lowest BCUT2D eigenvalue weighted by atomic mass is 9.89. The second-order valence-corrected chi connectivity index (χ2v) is 6.75. The second-order valence-electron chi connectivity index (χ2n) is 6.75. The predicted molar refractivity (Wildman–Crippen MR) is 98.5 cm³/mol. The van der Waals surface area contributed by atoms with E-state index in [2.05, 4.69) is 0 Å². The number of piperidine rings is 1. The third-order valence-corrected chi connectivity index (χ3v) is 5.07. The third kappa shape index (κ3) is 3.47. The molecule has 140 valence electrons. The van der Waals surface area contributed by atoms with Crippen molar-refractivity contribution in [3.05, 3.63) is 53.6 Å². The number of rotatable bonds is 4. The van der Waals surface area contributed by atoms with Gasteiger partial charge in [-0.05, 0) is 55.3 Å². The zero-order chi connectivity index (χ0) is 18.8. The van der Waals surface area contributed by atoms with E-state index in [4.69, 9.17) is 14.2 Å². The maximum Gasteiger partial charge on any atom is 0.254 e. The van der Waals surface area contributed by atoms with Crippen LogP contribution in [0.4, 0.5) is 0 Å². The van der Waals surface area contributed by atoms with Crippen LogP contribution in [0.2, 0.25) is 0 Å². The number of ether oxygens (including phenoxy) is 3. The zero-order valence-electron chi connectivity index (χ0n) is 15.1. The van der Waals surface area contributed by atoms with E-state index in [1.807, 2.05) is 0 Å². The Labute approximate surface area is 157 Å². The highest BCUT2D eigenvalue weighted by atomic mass is 16.7. The minimum absolute atomic E-state index is 0.0702. The van der Waals surface area contributed by atoms with E-state index < -0.39 is 0 Å². The number of Topliss-reactive ketones (excluding diaryl/α,β-unsaturated/α-hetero) is 1. The fourth-order valence-corrected chi connectivity index (χ4v) is 3.58. The number of hydrogen-bond acceptors (Lipinski definition) is 5. The number of nitrogens with zero attached hydrogens (tertiary/aromatic N) is 1. The Kier molecular flexibility index (Phi) is 4.71. The summed E-state index contributed by atoms with van der Waals surface area (Å²) in [6.07, 6.45) is 1.60. The Hall–Kier alpha value is -3.02. The molecule has 1 saturated heterocycles. The molecule has 6 nitrogen and oxygen atoms in total. The molecule has 0 radical (unpaired) electrons. The third-order valence-electron chi connectivity index (χ3n) is 5.07. The van der Waals surface area contributed by atoms with E-state index in [1.54, 1.807) is 54.5 Å². The van der Waals surface area contributed by atoms with Gasteiger partial charge in [0, 0.05) is 30.1 Å². The zero-order valence-corrected chi connectivity index (χ0v) is 15.1. The van der Waals surface area contributed by atoms with E-state index in [0.29, 0.717) is 35.7 Å². The molecule has 2 aliphatic rings. The molecule has 1 fully saturated rings. The molecule has 0 spiro atoms. The topological polar surface area (TPSA) is 65.1 Å². The molecule has 0 aliphatic carbocycles. The van der Waals surface area contributed by atoms with Crippen LogP contribution in [0, 0.1) is 5.92 Å². The maximum atomic E-state index is 12.9. The summed E-state index contributed by atoms with van der Waals surface area (Å²) in [4.78, 5) is 27.5. The van der Waals surface area contributed by atoms with E-state index in [-0.39, 0.29) is 24.4 Å². The van der Waals surface area contributed by atoms with Crippen molar-refractivity contribution < 1.29 is 23.8 Å². The van der Waals surface area contributed by atoms with Gasteiger partial charge in [-0.15, -0.1) is 0 Å².